The Hall–Kier alpha value is -2.28. The van der Waals surface area contributed by atoms with Crippen LogP contribution in [0.1, 0.15) is 29.2 Å². The van der Waals surface area contributed by atoms with Crippen molar-refractivity contribution in [3.05, 3.63) is 39.8 Å². The van der Waals surface area contributed by atoms with Gasteiger partial charge in [0.25, 0.3) is 0 Å². The predicted molar refractivity (Wildman–Crippen MR) is 94.8 cm³/mol. The molecule has 0 saturated heterocycles. The molecule has 1 heterocycles. The number of amides is 2. The first kappa shape index (κ1) is 18.1. The Balaban J connectivity index is 2.02. The summed E-state index contributed by atoms with van der Waals surface area (Å²) in [6.45, 7) is 4.35. The van der Waals surface area contributed by atoms with Crippen molar-refractivity contribution in [2.45, 2.75) is 26.4 Å². The van der Waals surface area contributed by atoms with Gasteiger partial charge in [0.1, 0.15) is 11.5 Å². The lowest BCUT2D eigenvalue weighted by Gasteiger charge is -2.22. The van der Waals surface area contributed by atoms with Crippen molar-refractivity contribution in [1.29, 1.82) is 0 Å². The lowest BCUT2D eigenvalue weighted by atomic mass is 10.1. The molecule has 0 aliphatic rings. The van der Waals surface area contributed by atoms with E-state index in [-0.39, 0.29) is 12.1 Å². The Labute approximate surface area is 146 Å². The molecule has 1 atom stereocenters. The average molecular weight is 349 g/mol. The summed E-state index contributed by atoms with van der Waals surface area (Å²) >= 11 is 1.58. The molecule has 2 aromatic rings. The van der Waals surface area contributed by atoms with Crippen molar-refractivity contribution >= 4 is 17.4 Å². The fourth-order valence-corrected chi connectivity index (χ4v) is 2.95. The van der Waals surface area contributed by atoms with Crippen LogP contribution < -0.4 is 14.8 Å². The Morgan fingerprint density at radius 3 is 2.71 bits per heavy atom. The minimum atomic E-state index is -0.196. The Bertz CT molecular complexity index is 702. The quantitative estimate of drug-likeness (QED) is 0.868. The van der Waals surface area contributed by atoms with E-state index in [1.165, 1.54) is 0 Å². The maximum Gasteiger partial charge on any atom is 0.317 e. The minimum absolute atomic E-state index is 0.161. The summed E-state index contributed by atoms with van der Waals surface area (Å²) in [5, 5.41) is 5.94. The first-order valence-electron chi connectivity index (χ1n) is 7.59. The summed E-state index contributed by atoms with van der Waals surface area (Å²) < 4.78 is 10.6. The summed E-state index contributed by atoms with van der Waals surface area (Å²) in [7, 11) is 4.96. The third kappa shape index (κ3) is 4.38. The fourth-order valence-electron chi connectivity index (χ4n) is 2.34. The SMILES string of the molecule is COc1ccc(C(C)NC(=O)N(C)Cc2csc(C)n2)c(OC)c1. The molecule has 1 aromatic carbocycles. The zero-order valence-corrected chi connectivity index (χ0v) is 15.4. The number of ether oxygens (including phenoxy) is 2. The number of aryl methyl sites for hydroxylation is 1. The van der Waals surface area contributed by atoms with E-state index >= 15 is 0 Å². The first-order chi connectivity index (χ1) is 11.4. The van der Waals surface area contributed by atoms with E-state index in [0.29, 0.717) is 18.0 Å². The van der Waals surface area contributed by atoms with Gasteiger partial charge < -0.3 is 19.7 Å². The van der Waals surface area contributed by atoms with E-state index in [0.717, 1.165) is 16.3 Å². The second-order valence-corrected chi connectivity index (χ2v) is 6.56. The highest BCUT2D eigenvalue weighted by Crippen LogP contribution is 2.29. The largest absolute Gasteiger partial charge is 0.497 e. The Morgan fingerprint density at radius 2 is 2.12 bits per heavy atom. The highest BCUT2D eigenvalue weighted by atomic mass is 32.1. The maximum absolute atomic E-state index is 12.4. The van der Waals surface area contributed by atoms with Gasteiger partial charge in [0.15, 0.2) is 0 Å². The molecule has 1 aromatic heterocycles. The number of benzene rings is 1. The number of hydrogen-bond acceptors (Lipinski definition) is 5. The van der Waals surface area contributed by atoms with Gasteiger partial charge in [-0.2, -0.15) is 0 Å². The third-order valence-corrected chi connectivity index (χ3v) is 4.48. The number of nitrogens with one attached hydrogen (secondary N) is 1. The number of urea groups is 1. The summed E-state index contributed by atoms with van der Waals surface area (Å²) in [5.41, 5.74) is 1.79. The lowest BCUT2D eigenvalue weighted by molar-refractivity contribution is 0.203. The van der Waals surface area contributed by atoms with Crippen molar-refractivity contribution in [2.24, 2.45) is 0 Å². The van der Waals surface area contributed by atoms with E-state index in [2.05, 4.69) is 10.3 Å². The van der Waals surface area contributed by atoms with Crippen LogP contribution in [-0.2, 0) is 6.54 Å². The Kier molecular flexibility index (Phi) is 6.03. The van der Waals surface area contributed by atoms with E-state index in [1.54, 1.807) is 43.6 Å². The molecule has 7 heteroatoms. The van der Waals surface area contributed by atoms with E-state index in [1.807, 2.05) is 31.4 Å². The number of nitrogens with zero attached hydrogens (tertiary/aromatic N) is 2. The van der Waals surface area contributed by atoms with Crippen LogP contribution in [0.15, 0.2) is 23.6 Å². The van der Waals surface area contributed by atoms with Crippen molar-refractivity contribution in [1.82, 2.24) is 15.2 Å². The third-order valence-electron chi connectivity index (χ3n) is 3.66. The molecule has 0 bridgehead atoms. The fraction of sp³-hybridized carbons (Fsp3) is 0.412. The molecule has 1 unspecified atom stereocenters. The number of carbonyl (C=O) groups excluding carboxylic acids is 1. The standard InChI is InChI=1S/C17H23N3O3S/c1-11(15-7-6-14(22-4)8-16(15)23-5)18-17(21)20(3)9-13-10-24-12(2)19-13/h6-8,10-11H,9H2,1-5H3,(H,18,21). The topological polar surface area (TPSA) is 63.7 Å². The van der Waals surface area contributed by atoms with Crippen LogP contribution in [0.3, 0.4) is 0 Å². The second kappa shape index (κ2) is 8.01. The second-order valence-electron chi connectivity index (χ2n) is 5.49. The maximum atomic E-state index is 12.4. The van der Waals surface area contributed by atoms with Gasteiger partial charge >= 0.3 is 6.03 Å². The van der Waals surface area contributed by atoms with Gasteiger partial charge in [-0.05, 0) is 26.0 Å². The van der Waals surface area contributed by atoms with Crippen molar-refractivity contribution in [3.8, 4) is 11.5 Å². The van der Waals surface area contributed by atoms with Crippen molar-refractivity contribution in [3.63, 3.8) is 0 Å². The van der Waals surface area contributed by atoms with Crippen LogP contribution >= 0.6 is 11.3 Å². The first-order valence-corrected chi connectivity index (χ1v) is 8.47. The minimum Gasteiger partial charge on any atom is -0.497 e. The molecule has 2 rings (SSSR count). The molecule has 0 spiro atoms. The summed E-state index contributed by atoms with van der Waals surface area (Å²) in [4.78, 5) is 18.4. The zero-order valence-electron chi connectivity index (χ0n) is 14.6. The molecular weight excluding hydrogens is 326 g/mol. The van der Waals surface area contributed by atoms with Crippen molar-refractivity contribution < 1.29 is 14.3 Å². The number of methoxy groups -OCH3 is 2. The van der Waals surface area contributed by atoms with Gasteiger partial charge in [0.05, 0.1) is 37.5 Å². The number of aromatic nitrogens is 1. The molecule has 0 saturated carbocycles. The van der Waals surface area contributed by atoms with E-state index in [9.17, 15) is 4.79 Å². The molecule has 6 nitrogen and oxygen atoms in total. The van der Waals surface area contributed by atoms with Gasteiger partial charge in [-0.15, -0.1) is 11.3 Å². The van der Waals surface area contributed by atoms with Crippen LogP contribution in [0.25, 0.3) is 0 Å². The number of hydrogen-bond donors (Lipinski definition) is 1. The molecule has 2 amide bonds. The van der Waals surface area contributed by atoms with E-state index < -0.39 is 0 Å². The number of rotatable bonds is 6. The Morgan fingerprint density at radius 1 is 1.38 bits per heavy atom. The summed E-state index contributed by atoms with van der Waals surface area (Å²) in [6.07, 6.45) is 0. The lowest BCUT2D eigenvalue weighted by Crippen LogP contribution is -2.38. The predicted octanol–water partition coefficient (Wildman–Crippen LogP) is 3.37. The molecule has 0 radical (unpaired) electrons. The van der Waals surface area contributed by atoms with Crippen LogP contribution in [0.2, 0.25) is 0 Å². The highest BCUT2D eigenvalue weighted by molar-refractivity contribution is 7.09. The summed E-state index contributed by atoms with van der Waals surface area (Å²) in [5.74, 6) is 1.39. The van der Waals surface area contributed by atoms with Gasteiger partial charge in [-0.25, -0.2) is 9.78 Å². The zero-order chi connectivity index (χ0) is 17.7. The van der Waals surface area contributed by atoms with Crippen LogP contribution in [-0.4, -0.2) is 37.2 Å². The summed E-state index contributed by atoms with van der Waals surface area (Å²) in [6, 6.07) is 5.19. The van der Waals surface area contributed by atoms with E-state index in [4.69, 9.17) is 9.47 Å². The molecule has 0 aliphatic heterocycles. The van der Waals surface area contributed by atoms with Crippen LogP contribution in [0, 0.1) is 6.92 Å². The normalized spacial score (nSPS) is 11.7. The highest BCUT2D eigenvalue weighted by Gasteiger charge is 2.17. The monoisotopic (exact) mass is 349 g/mol. The van der Waals surface area contributed by atoms with Crippen LogP contribution in [0.5, 0.6) is 11.5 Å². The van der Waals surface area contributed by atoms with Crippen molar-refractivity contribution in [2.75, 3.05) is 21.3 Å². The molecule has 130 valence electrons. The van der Waals surface area contributed by atoms with Crippen LogP contribution in [0.4, 0.5) is 4.79 Å². The molecule has 0 fully saturated rings. The van der Waals surface area contributed by atoms with Gasteiger partial charge in [0, 0.05) is 24.1 Å². The number of carbonyl (C=O) groups is 1. The molecular formula is C17H23N3O3S. The van der Waals surface area contributed by atoms with Gasteiger partial charge in [-0.3, -0.25) is 0 Å². The average Bonchev–Trinajstić information content (AvgIpc) is 2.98. The molecule has 24 heavy (non-hydrogen) atoms. The van der Waals surface area contributed by atoms with Gasteiger partial charge in [0.2, 0.25) is 0 Å². The molecule has 0 aliphatic carbocycles. The number of thiazole rings is 1. The smallest absolute Gasteiger partial charge is 0.317 e. The molecule has 1 N–H and O–H groups in total. The van der Waals surface area contributed by atoms with Gasteiger partial charge in [-0.1, -0.05) is 0 Å².